The molecule has 0 saturated heterocycles. The maximum Gasteiger partial charge on any atom is 0.291 e. The zero-order chi connectivity index (χ0) is 30.7. The average molecular weight is 627 g/mol. The summed E-state index contributed by atoms with van der Waals surface area (Å²) in [5.74, 6) is -0.0701. The van der Waals surface area contributed by atoms with Gasteiger partial charge in [-0.1, -0.05) is 0 Å². The van der Waals surface area contributed by atoms with Crippen molar-refractivity contribution in [2.75, 3.05) is 34.8 Å². The normalized spacial score (nSPS) is 14.6. The summed E-state index contributed by atoms with van der Waals surface area (Å²) in [5.41, 5.74) is 6.97. The van der Waals surface area contributed by atoms with E-state index in [2.05, 4.69) is 34.4 Å². The number of thiophene rings is 1. The first-order valence-corrected chi connectivity index (χ1v) is 16.0. The standard InChI is InChI=1S/C34H31ClN4O4S/c1-4-38(5-2)23-7-9-28-20(11-23)14-29(43-28)33(41)36-22-6-8-24-19(10-22)12-25(37-24)34(42)39-16-27(40)31-26(39)13-21(15-35)30-18(3)17-44-32(30)31/h6-14,17,27,37,40H,4-5,15-16H2,1-3H3,(H,36,41). The van der Waals surface area contributed by atoms with Gasteiger partial charge in [0.2, 0.25) is 0 Å². The maximum atomic E-state index is 13.8. The Morgan fingerprint density at radius 1 is 1.11 bits per heavy atom. The summed E-state index contributed by atoms with van der Waals surface area (Å²) in [7, 11) is 0. The lowest BCUT2D eigenvalue weighted by molar-refractivity contribution is 0.0969. The Morgan fingerprint density at radius 3 is 2.70 bits per heavy atom. The fourth-order valence-corrected chi connectivity index (χ4v) is 7.67. The number of H-pyrrole nitrogens is 1. The third kappa shape index (κ3) is 4.63. The van der Waals surface area contributed by atoms with Crippen molar-refractivity contribution < 1.29 is 19.1 Å². The third-order valence-electron chi connectivity index (χ3n) is 8.46. The molecule has 7 rings (SSSR count). The van der Waals surface area contributed by atoms with Crippen molar-refractivity contribution in [2.24, 2.45) is 0 Å². The highest BCUT2D eigenvalue weighted by atomic mass is 35.5. The zero-order valence-corrected chi connectivity index (χ0v) is 26.1. The Labute approximate surface area is 262 Å². The third-order valence-corrected chi connectivity index (χ3v) is 9.88. The van der Waals surface area contributed by atoms with E-state index >= 15 is 0 Å². The van der Waals surface area contributed by atoms with E-state index in [1.54, 1.807) is 34.4 Å². The number of anilines is 3. The van der Waals surface area contributed by atoms with Gasteiger partial charge in [0.15, 0.2) is 5.76 Å². The minimum absolute atomic E-state index is 0.163. The topological polar surface area (TPSA) is 102 Å². The number of rotatable bonds is 7. The second-order valence-corrected chi connectivity index (χ2v) is 12.2. The number of halogens is 1. The highest BCUT2D eigenvalue weighted by Crippen LogP contribution is 2.46. The second kappa shape index (κ2) is 11.0. The van der Waals surface area contributed by atoms with Gasteiger partial charge in [0.25, 0.3) is 11.8 Å². The summed E-state index contributed by atoms with van der Waals surface area (Å²) in [5, 5.41) is 18.7. The molecule has 224 valence electrons. The van der Waals surface area contributed by atoms with Crippen LogP contribution in [0.1, 0.15) is 57.7 Å². The molecule has 8 nitrogen and oxygen atoms in total. The number of hydrogen-bond acceptors (Lipinski definition) is 6. The van der Waals surface area contributed by atoms with E-state index in [0.29, 0.717) is 28.5 Å². The molecule has 3 N–H and O–H groups in total. The van der Waals surface area contributed by atoms with Crippen molar-refractivity contribution >= 4 is 83.8 Å². The molecule has 1 unspecified atom stereocenters. The number of furan rings is 1. The van der Waals surface area contributed by atoms with E-state index in [-0.39, 0.29) is 24.1 Å². The molecule has 0 saturated carbocycles. The minimum atomic E-state index is -0.785. The van der Waals surface area contributed by atoms with Gasteiger partial charge in [-0.2, -0.15) is 0 Å². The zero-order valence-electron chi connectivity index (χ0n) is 24.5. The van der Waals surface area contributed by atoms with Crippen molar-refractivity contribution in [3.63, 3.8) is 0 Å². The first-order valence-electron chi connectivity index (χ1n) is 14.6. The van der Waals surface area contributed by atoms with Gasteiger partial charge >= 0.3 is 0 Å². The monoisotopic (exact) mass is 626 g/mol. The van der Waals surface area contributed by atoms with Crippen LogP contribution in [0, 0.1) is 6.92 Å². The molecule has 10 heteroatoms. The highest BCUT2D eigenvalue weighted by molar-refractivity contribution is 7.17. The van der Waals surface area contributed by atoms with E-state index in [0.717, 1.165) is 61.8 Å². The van der Waals surface area contributed by atoms with Crippen molar-refractivity contribution in [2.45, 2.75) is 32.8 Å². The number of aromatic amines is 1. The van der Waals surface area contributed by atoms with Crippen LogP contribution in [0.2, 0.25) is 0 Å². The quantitative estimate of drug-likeness (QED) is 0.156. The highest BCUT2D eigenvalue weighted by Gasteiger charge is 2.35. The molecule has 0 radical (unpaired) electrons. The molecule has 4 heterocycles. The lowest BCUT2D eigenvalue weighted by Gasteiger charge is -2.20. The number of aryl methyl sites for hydroxylation is 1. The SMILES string of the molecule is CCN(CC)c1ccc2oc(C(=O)Nc3ccc4[nH]c(C(=O)N5CC(O)c6c5cc(CCl)c5c(C)csc65)cc4c3)cc2c1. The van der Waals surface area contributed by atoms with Crippen molar-refractivity contribution in [1.82, 2.24) is 4.98 Å². The molecule has 1 aliphatic heterocycles. The van der Waals surface area contributed by atoms with E-state index in [1.807, 2.05) is 43.3 Å². The summed E-state index contributed by atoms with van der Waals surface area (Å²) in [6, 6.07) is 16.8. The Hall–Kier alpha value is -4.31. The molecular weight excluding hydrogens is 596 g/mol. The Morgan fingerprint density at radius 2 is 1.93 bits per heavy atom. The van der Waals surface area contributed by atoms with Crippen molar-refractivity contribution in [3.8, 4) is 0 Å². The van der Waals surface area contributed by atoms with E-state index < -0.39 is 6.10 Å². The number of carbonyl (C=O) groups excluding carboxylic acids is 2. The van der Waals surface area contributed by atoms with E-state index in [4.69, 9.17) is 16.0 Å². The molecule has 3 aromatic heterocycles. The van der Waals surface area contributed by atoms with Gasteiger partial charge in [-0.15, -0.1) is 22.9 Å². The molecular formula is C34H31ClN4O4S. The molecule has 1 atom stereocenters. The number of amides is 2. The van der Waals surface area contributed by atoms with Gasteiger partial charge < -0.3 is 29.6 Å². The summed E-state index contributed by atoms with van der Waals surface area (Å²) in [6.45, 7) is 8.20. The summed E-state index contributed by atoms with van der Waals surface area (Å²) >= 11 is 7.87. The number of aliphatic hydroxyl groups is 1. The number of benzene rings is 3. The van der Waals surface area contributed by atoms with Crippen molar-refractivity contribution in [1.29, 1.82) is 0 Å². The number of aromatic nitrogens is 1. The van der Waals surface area contributed by atoms with Gasteiger partial charge in [0, 0.05) is 62.3 Å². The summed E-state index contributed by atoms with van der Waals surface area (Å²) in [6.07, 6.45) is -0.785. The summed E-state index contributed by atoms with van der Waals surface area (Å²) in [4.78, 5) is 34.0. The smallest absolute Gasteiger partial charge is 0.291 e. The van der Waals surface area contributed by atoms with Crippen LogP contribution in [0.25, 0.3) is 32.0 Å². The largest absolute Gasteiger partial charge is 0.451 e. The van der Waals surface area contributed by atoms with Crippen LogP contribution in [-0.4, -0.2) is 41.5 Å². The molecule has 44 heavy (non-hydrogen) atoms. The van der Waals surface area contributed by atoms with Crippen LogP contribution in [0.5, 0.6) is 0 Å². The number of nitrogens with zero attached hydrogens (tertiary/aromatic N) is 2. The number of β-amino-alcohol motifs (C(OH)–C–C–N with tert-alkyl or cyclic N) is 1. The number of alkyl halides is 1. The van der Waals surface area contributed by atoms with Crippen LogP contribution in [0.3, 0.4) is 0 Å². The fraction of sp³-hybridized carbons (Fsp3) is 0.235. The maximum absolute atomic E-state index is 13.8. The molecule has 0 fully saturated rings. The lowest BCUT2D eigenvalue weighted by Crippen LogP contribution is -2.30. The first kappa shape index (κ1) is 28.5. The first-order chi connectivity index (χ1) is 21.3. The minimum Gasteiger partial charge on any atom is -0.451 e. The molecule has 1 aliphatic rings. The van der Waals surface area contributed by atoms with Gasteiger partial charge in [0.05, 0.1) is 12.2 Å². The molecule has 2 amide bonds. The van der Waals surface area contributed by atoms with Crippen molar-refractivity contribution in [3.05, 3.63) is 88.1 Å². The summed E-state index contributed by atoms with van der Waals surface area (Å²) < 4.78 is 6.83. The van der Waals surface area contributed by atoms with E-state index in [9.17, 15) is 14.7 Å². The van der Waals surface area contributed by atoms with Gasteiger partial charge in [-0.3, -0.25) is 9.59 Å². The molecule has 0 spiro atoms. The number of aliphatic hydroxyl groups excluding tert-OH is 1. The van der Waals surface area contributed by atoms with Crippen LogP contribution >= 0.6 is 22.9 Å². The molecule has 0 aliphatic carbocycles. The van der Waals surface area contributed by atoms with Crippen LogP contribution in [0.4, 0.5) is 17.1 Å². The fourth-order valence-electron chi connectivity index (χ4n) is 6.27. The van der Waals surface area contributed by atoms with Crippen LogP contribution in [0.15, 0.2) is 64.4 Å². The lowest BCUT2D eigenvalue weighted by atomic mass is 10.0. The molecule has 3 aromatic carbocycles. The molecule has 6 aromatic rings. The second-order valence-electron chi connectivity index (χ2n) is 11.1. The predicted octanol–water partition coefficient (Wildman–Crippen LogP) is 7.97. The van der Waals surface area contributed by atoms with E-state index in [1.165, 1.54) is 0 Å². The number of hydrogen-bond donors (Lipinski definition) is 3. The van der Waals surface area contributed by atoms with Crippen LogP contribution < -0.4 is 15.1 Å². The Kier molecular flexibility index (Phi) is 7.11. The van der Waals surface area contributed by atoms with Gasteiger partial charge in [0.1, 0.15) is 17.4 Å². The average Bonchev–Trinajstić information content (AvgIpc) is 3.81. The predicted molar refractivity (Wildman–Crippen MR) is 179 cm³/mol. The molecule has 0 bridgehead atoms. The Balaban J connectivity index is 1.14. The number of carbonyl (C=O) groups is 2. The Bertz CT molecular complexity index is 2090. The van der Waals surface area contributed by atoms with Gasteiger partial charge in [-0.05, 0) is 91.9 Å². The van der Waals surface area contributed by atoms with Crippen LogP contribution in [-0.2, 0) is 5.88 Å². The van der Waals surface area contributed by atoms with Gasteiger partial charge in [-0.25, -0.2) is 0 Å². The number of nitrogens with one attached hydrogen (secondary N) is 2. The number of fused-ring (bicyclic) bond motifs is 5.